The number of carbonyl (C=O) groups is 3. The van der Waals surface area contributed by atoms with Gasteiger partial charge in [-0.3, -0.25) is 14.4 Å². The Morgan fingerprint density at radius 3 is 2.75 bits per heavy atom. The molecule has 1 fully saturated rings. The summed E-state index contributed by atoms with van der Waals surface area (Å²) in [7, 11) is 0. The van der Waals surface area contributed by atoms with Gasteiger partial charge in [0.2, 0.25) is 0 Å². The quantitative estimate of drug-likeness (QED) is 0.827. The molecule has 1 aliphatic rings. The first-order valence-electron chi connectivity index (χ1n) is 7.97. The number of hydrogen-bond acceptors (Lipinski definition) is 4. The predicted molar refractivity (Wildman–Crippen MR) is 84.7 cm³/mol. The number of piperidine rings is 1. The predicted octanol–water partition coefficient (Wildman–Crippen LogP) is 1.50. The van der Waals surface area contributed by atoms with E-state index >= 15 is 0 Å². The molecule has 0 radical (unpaired) electrons. The molecule has 24 heavy (non-hydrogen) atoms. The van der Waals surface area contributed by atoms with Gasteiger partial charge in [0, 0.05) is 12.6 Å². The number of halogens is 1. The van der Waals surface area contributed by atoms with Crippen molar-refractivity contribution in [3.8, 4) is 0 Å². The van der Waals surface area contributed by atoms with Crippen LogP contribution in [0, 0.1) is 5.82 Å². The highest BCUT2D eigenvalue weighted by molar-refractivity contribution is 5.96. The van der Waals surface area contributed by atoms with E-state index in [2.05, 4.69) is 5.32 Å². The summed E-state index contributed by atoms with van der Waals surface area (Å²) in [6.45, 7) is 1.86. The molecule has 2 amide bonds. The smallest absolute Gasteiger partial charge is 0.325 e. The van der Waals surface area contributed by atoms with E-state index in [4.69, 9.17) is 4.74 Å². The van der Waals surface area contributed by atoms with Crippen molar-refractivity contribution in [2.24, 2.45) is 0 Å². The van der Waals surface area contributed by atoms with Gasteiger partial charge < -0.3 is 15.0 Å². The van der Waals surface area contributed by atoms with E-state index < -0.39 is 24.2 Å². The van der Waals surface area contributed by atoms with Crippen LogP contribution in [0.2, 0.25) is 0 Å². The molecule has 0 unspecified atom stereocenters. The Balaban J connectivity index is 1.74. The van der Waals surface area contributed by atoms with Crippen LogP contribution in [0.15, 0.2) is 24.3 Å². The van der Waals surface area contributed by atoms with Crippen LogP contribution in [-0.4, -0.2) is 48.4 Å². The maximum atomic E-state index is 13.4. The number of rotatable bonds is 5. The van der Waals surface area contributed by atoms with Crippen molar-refractivity contribution < 1.29 is 23.5 Å². The minimum absolute atomic E-state index is 0.144. The first-order chi connectivity index (χ1) is 11.5. The molecule has 1 saturated heterocycles. The van der Waals surface area contributed by atoms with E-state index in [1.165, 1.54) is 18.2 Å². The molecule has 1 atom stereocenters. The summed E-state index contributed by atoms with van der Waals surface area (Å²) in [4.78, 5) is 37.1. The molecule has 130 valence electrons. The topological polar surface area (TPSA) is 75.7 Å². The Morgan fingerprint density at radius 1 is 1.29 bits per heavy atom. The summed E-state index contributed by atoms with van der Waals surface area (Å²) in [5, 5.41) is 2.27. The molecule has 1 aromatic carbocycles. The third kappa shape index (κ3) is 4.78. The van der Waals surface area contributed by atoms with E-state index in [1.54, 1.807) is 4.90 Å². The Morgan fingerprint density at radius 2 is 2.04 bits per heavy atom. The fourth-order valence-electron chi connectivity index (χ4n) is 2.64. The maximum Gasteiger partial charge on any atom is 0.325 e. The first-order valence-corrected chi connectivity index (χ1v) is 7.97. The minimum atomic E-state index is -0.738. The van der Waals surface area contributed by atoms with Crippen molar-refractivity contribution in [2.75, 3.05) is 19.7 Å². The van der Waals surface area contributed by atoms with Crippen LogP contribution in [0.4, 0.5) is 4.39 Å². The molecule has 1 N–H and O–H groups in total. The van der Waals surface area contributed by atoms with Crippen molar-refractivity contribution >= 4 is 17.8 Å². The van der Waals surface area contributed by atoms with Gasteiger partial charge in [-0.25, -0.2) is 4.39 Å². The lowest BCUT2D eigenvalue weighted by Gasteiger charge is -2.33. The van der Waals surface area contributed by atoms with E-state index in [0.717, 1.165) is 25.3 Å². The average molecular weight is 336 g/mol. The van der Waals surface area contributed by atoms with E-state index in [-0.39, 0.29) is 24.1 Å². The van der Waals surface area contributed by atoms with Crippen molar-refractivity contribution in [1.82, 2.24) is 10.2 Å². The lowest BCUT2D eigenvalue weighted by Crippen LogP contribution is -2.44. The second kappa shape index (κ2) is 8.42. The second-order valence-corrected chi connectivity index (χ2v) is 5.76. The monoisotopic (exact) mass is 336 g/mol. The van der Waals surface area contributed by atoms with Crippen LogP contribution in [0.25, 0.3) is 0 Å². The second-order valence-electron chi connectivity index (χ2n) is 5.76. The van der Waals surface area contributed by atoms with Gasteiger partial charge in [0.05, 0.1) is 5.56 Å². The summed E-state index contributed by atoms with van der Waals surface area (Å²) < 4.78 is 18.3. The summed E-state index contributed by atoms with van der Waals surface area (Å²) in [6.07, 6.45) is 2.98. The van der Waals surface area contributed by atoms with Gasteiger partial charge in [0.25, 0.3) is 11.8 Å². The van der Waals surface area contributed by atoms with Crippen molar-refractivity contribution in [1.29, 1.82) is 0 Å². The number of nitrogens with one attached hydrogen (secondary N) is 1. The number of hydrogen-bond donors (Lipinski definition) is 1. The molecule has 0 aliphatic carbocycles. The normalized spacial score (nSPS) is 17.2. The standard InChI is InChI=1S/C17H21FN2O4/c1-12-6-4-5-9-20(12)15(21)11-24-16(22)10-19-17(23)13-7-2-3-8-14(13)18/h2-3,7-8,12H,4-6,9-11H2,1H3,(H,19,23)/t12-/m0/s1. The number of ether oxygens (including phenoxy) is 1. The molecule has 0 saturated carbocycles. The Kier molecular flexibility index (Phi) is 6.28. The SMILES string of the molecule is C[C@H]1CCCCN1C(=O)COC(=O)CNC(=O)c1ccccc1F. The highest BCUT2D eigenvalue weighted by Gasteiger charge is 2.24. The molecule has 0 aromatic heterocycles. The van der Waals surface area contributed by atoms with Crippen LogP contribution in [0.3, 0.4) is 0 Å². The fourth-order valence-corrected chi connectivity index (χ4v) is 2.64. The Hall–Kier alpha value is -2.44. The van der Waals surface area contributed by atoms with Gasteiger partial charge in [0.15, 0.2) is 6.61 Å². The van der Waals surface area contributed by atoms with E-state index in [1.807, 2.05) is 6.92 Å². The molecule has 0 bridgehead atoms. The number of nitrogens with zero attached hydrogens (tertiary/aromatic N) is 1. The number of amides is 2. The summed E-state index contributed by atoms with van der Waals surface area (Å²) in [5.74, 6) is -2.35. The highest BCUT2D eigenvalue weighted by atomic mass is 19.1. The van der Waals surface area contributed by atoms with Gasteiger partial charge in [-0.1, -0.05) is 12.1 Å². The largest absolute Gasteiger partial charge is 0.454 e. The van der Waals surface area contributed by atoms with Gasteiger partial charge >= 0.3 is 5.97 Å². The van der Waals surface area contributed by atoms with Crippen LogP contribution >= 0.6 is 0 Å². The lowest BCUT2D eigenvalue weighted by molar-refractivity contribution is -0.152. The average Bonchev–Trinajstić information content (AvgIpc) is 2.58. The highest BCUT2D eigenvalue weighted by Crippen LogP contribution is 2.16. The molecule has 1 aliphatic heterocycles. The molecule has 1 aromatic rings. The molecule has 2 rings (SSSR count). The number of likely N-dealkylation sites (tertiary alicyclic amines) is 1. The zero-order valence-electron chi connectivity index (χ0n) is 13.6. The van der Waals surface area contributed by atoms with Gasteiger partial charge in [-0.15, -0.1) is 0 Å². The maximum absolute atomic E-state index is 13.4. The van der Waals surface area contributed by atoms with E-state index in [0.29, 0.717) is 6.54 Å². The fraction of sp³-hybridized carbons (Fsp3) is 0.471. The Bertz CT molecular complexity index is 620. The first kappa shape index (κ1) is 17.9. The van der Waals surface area contributed by atoms with Crippen LogP contribution < -0.4 is 5.32 Å². The molecular formula is C17H21FN2O4. The van der Waals surface area contributed by atoms with Crippen LogP contribution in [0.1, 0.15) is 36.5 Å². The number of carbonyl (C=O) groups excluding carboxylic acids is 3. The Labute approximate surface area is 140 Å². The van der Waals surface area contributed by atoms with Crippen LogP contribution in [-0.2, 0) is 14.3 Å². The minimum Gasteiger partial charge on any atom is -0.454 e. The third-order valence-electron chi connectivity index (χ3n) is 3.99. The summed E-state index contributed by atoms with van der Waals surface area (Å²) in [5.41, 5.74) is -0.150. The summed E-state index contributed by atoms with van der Waals surface area (Å²) >= 11 is 0. The van der Waals surface area contributed by atoms with Crippen LogP contribution in [0.5, 0.6) is 0 Å². The zero-order valence-corrected chi connectivity index (χ0v) is 13.6. The summed E-state index contributed by atoms with van der Waals surface area (Å²) in [6, 6.07) is 5.61. The molecule has 7 heteroatoms. The molecule has 1 heterocycles. The number of esters is 1. The van der Waals surface area contributed by atoms with Gasteiger partial charge in [0.1, 0.15) is 12.4 Å². The molecular weight excluding hydrogens is 315 g/mol. The third-order valence-corrected chi connectivity index (χ3v) is 3.99. The van der Waals surface area contributed by atoms with Gasteiger partial charge in [-0.05, 0) is 38.3 Å². The molecule has 0 spiro atoms. The zero-order chi connectivity index (χ0) is 17.5. The van der Waals surface area contributed by atoms with Crippen molar-refractivity contribution in [3.05, 3.63) is 35.6 Å². The van der Waals surface area contributed by atoms with Crippen molar-refractivity contribution in [2.45, 2.75) is 32.2 Å². The van der Waals surface area contributed by atoms with Crippen molar-refractivity contribution in [3.63, 3.8) is 0 Å². The number of benzene rings is 1. The molecule has 6 nitrogen and oxygen atoms in total. The lowest BCUT2D eigenvalue weighted by atomic mass is 10.0. The van der Waals surface area contributed by atoms with E-state index in [9.17, 15) is 18.8 Å². The van der Waals surface area contributed by atoms with Gasteiger partial charge in [-0.2, -0.15) is 0 Å².